The SMILES string of the molecule is c1ccc2ccccc2c1.c1ccc2ccccc2c1.c1ccc2ccccc2c1.c1nc[nH]n1. The maximum atomic E-state index is 3.56. The maximum Gasteiger partial charge on any atom is 0.137 e. The molecule has 0 radical (unpaired) electrons. The van der Waals surface area contributed by atoms with Crippen molar-refractivity contribution in [3.05, 3.63) is 158 Å². The Hall–Kier alpha value is -4.76. The highest BCUT2D eigenvalue weighted by Gasteiger charge is 1.86. The van der Waals surface area contributed by atoms with Crippen molar-refractivity contribution in [2.45, 2.75) is 0 Å². The van der Waals surface area contributed by atoms with Gasteiger partial charge < -0.3 is 0 Å². The lowest BCUT2D eigenvalue weighted by molar-refractivity contribution is 1.09. The largest absolute Gasteiger partial charge is 0.266 e. The molecule has 1 aromatic heterocycles. The quantitative estimate of drug-likeness (QED) is 0.251. The average Bonchev–Trinajstić information content (AvgIpc) is 3.55. The van der Waals surface area contributed by atoms with Crippen LogP contribution in [0.4, 0.5) is 0 Å². The van der Waals surface area contributed by atoms with Crippen molar-refractivity contribution < 1.29 is 0 Å². The summed E-state index contributed by atoms with van der Waals surface area (Å²) in [5, 5.41) is 13.8. The fraction of sp³-hybridized carbons (Fsp3) is 0. The van der Waals surface area contributed by atoms with Crippen LogP contribution >= 0.6 is 0 Å². The summed E-state index contributed by atoms with van der Waals surface area (Å²) < 4.78 is 0. The van der Waals surface area contributed by atoms with E-state index in [1.165, 1.54) is 45.0 Å². The van der Waals surface area contributed by atoms with Crippen LogP contribution in [0.1, 0.15) is 0 Å². The van der Waals surface area contributed by atoms with Gasteiger partial charge in [0.05, 0.1) is 0 Å². The fourth-order valence-corrected chi connectivity index (χ4v) is 3.57. The van der Waals surface area contributed by atoms with Gasteiger partial charge in [0.25, 0.3) is 0 Å². The normalized spacial score (nSPS) is 9.71. The first-order valence-corrected chi connectivity index (χ1v) is 11.5. The molecule has 35 heavy (non-hydrogen) atoms. The van der Waals surface area contributed by atoms with Crippen molar-refractivity contribution in [3.8, 4) is 0 Å². The number of rotatable bonds is 0. The van der Waals surface area contributed by atoms with Gasteiger partial charge in [-0.25, -0.2) is 4.98 Å². The molecule has 6 aromatic carbocycles. The summed E-state index contributed by atoms with van der Waals surface area (Å²) in [4.78, 5) is 3.56. The Morgan fingerprint density at radius 3 is 0.686 bits per heavy atom. The monoisotopic (exact) mass is 453 g/mol. The summed E-state index contributed by atoms with van der Waals surface area (Å²) in [5.74, 6) is 0. The highest BCUT2D eigenvalue weighted by molar-refractivity contribution is 5.83. The van der Waals surface area contributed by atoms with Crippen molar-refractivity contribution in [3.63, 3.8) is 0 Å². The Morgan fingerprint density at radius 2 is 0.571 bits per heavy atom. The minimum atomic E-state index is 1.31. The molecule has 0 aliphatic carbocycles. The minimum Gasteiger partial charge on any atom is -0.266 e. The van der Waals surface area contributed by atoms with Crippen molar-refractivity contribution in [1.29, 1.82) is 0 Å². The van der Waals surface area contributed by atoms with E-state index in [-0.39, 0.29) is 0 Å². The highest BCUT2D eigenvalue weighted by atomic mass is 15.2. The predicted molar refractivity (Wildman–Crippen MR) is 148 cm³/mol. The summed E-state index contributed by atoms with van der Waals surface area (Å²) in [7, 11) is 0. The van der Waals surface area contributed by atoms with Gasteiger partial charge in [0.1, 0.15) is 12.7 Å². The van der Waals surface area contributed by atoms with Crippen LogP contribution in [0.3, 0.4) is 0 Å². The second-order valence-corrected chi connectivity index (χ2v) is 7.69. The third-order valence-corrected chi connectivity index (χ3v) is 5.31. The van der Waals surface area contributed by atoms with E-state index in [1.807, 2.05) is 0 Å². The second-order valence-electron chi connectivity index (χ2n) is 7.69. The van der Waals surface area contributed by atoms with E-state index in [0.29, 0.717) is 0 Å². The van der Waals surface area contributed by atoms with Crippen LogP contribution in [0.25, 0.3) is 32.3 Å². The molecule has 0 saturated heterocycles. The third-order valence-electron chi connectivity index (χ3n) is 5.31. The van der Waals surface area contributed by atoms with Gasteiger partial charge in [0.2, 0.25) is 0 Å². The predicted octanol–water partition coefficient (Wildman–Crippen LogP) is 8.32. The lowest BCUT2D eigenvalue weighted by atomic mass is 10.1. The number of H-pyrrole nitrogens is 1. The molecule has 0 amide bonds. The van der Waals surface area contributed by atoms with Gasteiger partial charge >= 0.3 is 0 Å². The van der Waals surface area contributed by atoms with Gasteiger partial charge in [-0.15, -0.1) is 0 Å². The molecule has 0 fully saturated rings. The summed E-state index contributed by atoms with van der Waals surface area (Å²) in [6, 6.07) is 50.1. The van der Waals surface area contributed by atoms with E-state index in [1.54, 1.807) is 0 Å². The molecule has 0 atom stereocenters. The number of nitrogens with one attached hydrogen (secondary N) is 1. The van der Waals surface area contributed by atoms with Crippen LogP contribution < -0.4 is 0 Å². The zero-order chi connectivity index (χ0) is 24.0. The second kappa shape index (κ2) is 13.1. The first-order chi connectivity index (χ1) is 17.4. The van der Waals surface area contributed by atoms with E-state index in [2.05, 4.69) is 161 Å². The molecule has 7 aromatic rings. The molecular formula is C32H27N3. The van der Waals surface area contributed by atoms with Gasteiger partial charge in [-0.3, -0.25) is 5.10 Å². The van der Waals surface area contributed by atoms with E-state index in [4.69, 9.17) is 0 Å². The molecular weight excluding hydrogens is 426 g/mol. The molecule has 7 rings (SSSR count). The number of benzene rings is 6. The number of fused-ring (bicyclic) bond motifs is 3. The number of aromatic nitrogens is 3. The molecule has 0 spiro atoms. The zero-order valence-electron chi connectivity index (χ0n) is 19.4. The van der Waals surface area contributed by atoms with E-state index in [0.717, 1.165) is 0 Å². The van der Waals surface area contributed by atoms with Crippen molar-refractivity contribution in [2.75, 3.05) is 0 Å². The molecule has 0 unspecified atom stereocenters. The Bertz CT molecular complexity index is 1170. The van der Waals surface area contributed by atoms with Gasteiger partial charge in [0.15, 0.2) is 0 Å². The van der Waals surface area contributed by atoms with Gasteiger partial charge in [-0.1, -0.05) is 146 Å². The highest BCUT2D eigenvalue weighted by Crippen LogP contribution is 2.12. The molecule has 0 aliphatic heterocycles. The fourth-order valence-electron chi connectivity index (χ4n) is 3.57. The number of hydrogen-bond donors (Lipinski definition) is 1. The summed E-state index contributed by atoms with van der Waals surface area (Å²) in [5.41, 5.74) is 0. The summed E-state index contributed by atoms with van der Waals surface area (Å²) in [6.07, 6.45) is 2.96. The van der Waals surface area contributed by atoms with Crippen LogP contribution in [-0.2, 0) is 0 Å². The molecule has 3 nitrogen and oxygen atoms in total. The average molecular weight is 454 g/mol. The molecule has 170 valence electrons. The lowest BCUT2D eigenvalue weighted by Gasteiger charge is -1.92. The van der Waals surface area contributed by atoms with Crippen molar-refractivity contribution >= 4 is 32.3 Å². The Balaban J connectivity index is 0.000000113. The van der Waals surface area contributed by atoms with Gasteiger partial charge in [-0.05, 0) is 32.3 Å². The topological polar surface area (TPSA) is 41.6 Å². The molecule has 1 heterocycles. The maximum absolute atomic E-state index is 3.56. The van der Waals surface area contributed by atoms with E-state index >= 15 is 0 Å². The van der Waals surface area contributed by atoms with Crippen LogP contribution in [0.15, 0.2) is 158 Å². The van der Waals surface area contributed by atoms with Crippen LogP contribution in [0.2, 0.25) is 0 Å². The number of aromatic amines is 1. The van der Waals surface area contributed by atoms with Gasteiger partial charge in [-0.2, -0.15) is 5.10 Å². The molecule has 1 N–H and O–H groups in total. The zero-order valence-corrected chi connectivity index (χ0v) is 19.4. The van der Waals surface area contributed by atoms with Crippen LogP contribution in [-0.4, -0.2) is 15.2 Å². The van der Waals surface area contributed by atoms with E-state index in [9.17, 15) is 0 Å². The Kier molecular flexibility index (Phi) is 8.74. The molecule has 0 bridgehead atoms. The Labute approximate surface area is 205 Å². The van der Waals surface area contributed by atoms with Crippen molar-refractivity contribution in [1.82, 2.24) is 15.2 Å². The Morgan fingerprint density at radius 1 is 0.343 bits per heavy atom. The minimum absolute atomic E-state index is 1.31. The van der Waals surface area contributed by atoms with E-state index < -0.39 is 0 Å². The number of hydrogen-bond acceptors (Lipinski definition) is 2. The number of nitrogens with zero attached hydrogens (tertiary/aromatic N) is 2. The van der Waals surface area contributed by atoms with Crippen molar-refractivity contribution in [2.24, 2.45) is 0 Å². The first-order valence-electron chi connectivity index (χ1n) is 11.5. The molecule has 0 aliphatic rings. The first kappa shape index (κ1) is 23.4. The summed E-state index contributed by atoms with van der Waals surface area (Å²) >= 11 is 0. The standard InChI is InChI=1S/3C10H8.C2H3N3/c3*1-2-6-10-8-4-3-7-9(10)5-1;1-3-2-5-4-1/h3*1-8H;1-2H,(H,3,4,5). The van der Waals surface area contributed by atoms with Gasteiger partial charge in [0, 0.05) is 0 Å². The van der Waals surface area contributed by atoms with Crippen LogP contribution in [0.5, 0.6) is 0 Å². The smallest absolute Gasteiger partial charge is 0.137 e. The van der Waals surface area contributed by atoms with Crippen LogP contribution in [0, 0.1) is 0 Å². The third kappa shape index (κ3) is 7.37. The summed E-state index contributed by atoms with van der Waals surface area (Å²) in [6.45, 7) is 0. The molecule has 0 saturated carbocycles. The molecule has 3 heteroatoms. The lowest BCUT2D eigenvalue weighted by Crippen LogP contribution is -1.67.